The molecule has 0 aromatic heterocycles. The van der Waals surface area contributed by atoms with Gasteiger partial charge < -0.3 is 13.3 Å². The molecule has 1 aromatic carbocycles. The van der Waals surface area contributed by atoms with E-state index in [9.17, 15) is 26.3 Å². The molecule has 0 aliphatic carbocycles. The zero-order valence-corrected chi connectivity index (χ0v) is 11.9. The Kier molecular flexibility index (Phi) is 7.64. The minimum Gasteiger partial charge on any atom is -0.580 e. The fourth-order valence-electron chi connectivity index (χ4n) is 0.979. The largest absolute Gasteiger partial charge is 1.00 e. The van der Waals surface area contributed by atoms with Crippen molar-refractivity contribution >= 4 is 13.3 Å². The van der Waals surface area contributed by atoms with E-state index in [1.165, 1.54) is 0 Å². The van der Waals surface area contributed by atoms with Crippen LogP contribution in [0.4, 0.5) is 26.3 Å². The normalized spacial score (nSPS) is 11.5. The number of rotatable bonds is 0. The van der Waals surface area contributed by atoms with Gasteiger partial charge in [0.2, 0.25) is 0 Å². The van der Waals surface area contributed by atoms with E-state index in [1.54, 1.807) is 0 Å². The maximum atomic E-state index is 12.1. The van der Waals surface area contributed by atoms with Crippen LogP contribution in [0.2, 0.25) is 0 Å². The Morgan fingerprint density at radius 2 is 1.06 bits per heavy atom. The van der Waals surface area contributed by atoms with Crippen molar-refractivity contribution in [3.8, 4) is 0 Å². The minimum absolute atomic E-state index is 0. The van der Waals surface area contributed by atoms with Crippen LogP contribution in [0.25, 0.3) is 0 Å². The van der Waals surface area contributed by atoms with Crippen LogP contribution in [0.15, 0.2) is 18.2 Å². The second-order valence-corrected chi connectivity index (χ2v) is 2.84. The molecule has 0 atom stereocenters. The second-order valence-electron chi connectivity index (χ2n) is 2.84. The molecule has 0 unspecified atom stereocenters. The quantitative estimate of drug-likeness (QED) is 0.448. The summed E-state index contributed by atoms with van der Waals surface area (Å²) in [7, 11) is 4.95. The third-order valence-electron chi connectivity index (χ3n) is 1.61. The first-order chi connectivity index (χ1) is 6.60. The molecular weight excluding hydrogens is 295 g/mol. The van der Waals surface area contributed by atoms with Crippen molar-refractivity contribution in [1.82, 2.24) is 0 Å². The van der Waals surface area contributed by atoms with Crippen LogP contribution in [0.3, 0.4) is 0 Å². The smallest absolute Gasteiger partial charge is 0.580 e. The van der Waals surface area contributed by atoms with Crippen LogP contribution < -0.4 is 35.0 Å². The fourth-order valence-corrected chi connectivity index (χ4v) is 0.979. The van der Waals surface area contributed by atoms with Crippen molar-refractivity contribution in [2.75, 3.05) is 0 Å². The van der Waals surface area contributed by atoms with E-state index in [0.717, 1.165) is 0 Å². The van der Waals surface area contributed by atoms with Crippen molar-refractivity contribution in [1.29, 1.82) is 0 Å². The van der Waals surface area contributed by atoms with E-state index >= 15 is 0 Å². The van der Waals surface area contributed by atoms with Gasteiger partial charge in [-0.25, -0.2) is 0 Å². The molecule has 17 heavy (non-hydrogen) atoms. The average Bonchev–Trinajstić information content (AvgIpc) is 1.99. The molecule has 0 bridgehead atoms. The van der Waals surface area contributed by atoms with Crippen LogP contribution in [-0.2, 0) is 30.9 Å². The Bertz CT molecular complexity index is 343. The van der Waals surface area contributed by atoms with Crippen LogP contribution in [-0.4, -0.2) is 7.85 Å². The summed E-state index contributed by atoms with van der Waals surface area (Å²) >= 11 is 0. The van der Waals surface area contributed by atoms with Crippen LogP contribution in [0.5, 0.6) is 0 Å². The zero-order chi connectivity index (χ0) is 11.9. The summed E-state index contributed by atoms with van der Waals surface area (Å²) in [6.07, 6.45) is -9.68. The summed E-state index contributed by atoms with van der Waals surface area (Å²) in [5.74, 6) is 0. The molecule has 0 heterocycles. The Balaban J connectivity index is 0. The van der Waals surface area contributed by atoms with Gasteiger partial charge in [0.15, 0.2) is 0 Å². The first-order valence-corrected chi connectivity index (χ1v) is 3.65. The number of benzene rings is 1. The summed E-state index contributed by atoms with van der Waals surface area (Å²) in [5, 5.41) is 0. The third-order valence-corrected chi connectivity index (χ3v) is 1.61. The van der Waals surface area contributed by atoms with Gasteiger partial charge in [-0.2, -0.15) is 26.3 Å². The van der Waals surface area contributed by atoms with Crippen LogP contribution in [0, 0.1) is 0 Å². The van der Waals surface area contributed by atoms with Crippen molar-refractivity contribution < 1.29 is 74.5 Å². The van der Waals surface area contributed by atoms with Gasteiger partial charge in [-0.05, 0) is 6.07 Å². The minimum atomic E-state index is -4.84. The molecule has 0 saturated heterocycles. The van der Waals surface area contributed by atoms with E-state index in [-0.39, 0.29) is 54.2 Å². The first-order valence-electron chi connectivity index (χ1n) is 3.65. The van der Waals surface area contributed by atoms with Crippen molar-refractivity contribution in [2.45, 2.75) is 12.4 Å². The van der Waals surface area contributed by atoms with Gasteiger partial charge in [0, 0.05) is 18.6 Å². The second kappa shape index (κ2) is 6.57. The molecule has 0 N–H and O–H groups in total. The maximum absolute atomic E-state index is 12.1. The van der Waals surface area contributed by atoms with E-state index in [2.05, 4.69) is 0 Å². The van der Waals surface area contributed by atoms with Gasteiger partial charge in [-0.3, -0.25) is 0 Å². The molecule has 4 radical (unpaired) electrons. The predicted molar refractivity (Wildman–Crippen MR) is 41.8 cm³/mol. The van der Waals surface area contributed by atoms with Crippen molar-refractivity contribution in [3.05, 3.63) is 29.3 Å². The molecule has 0 aliphatic rings. The van der Waals surface area contributed by atoms with E-state index < -0.39 is 28.9 Å². The summed E-state index contributed by atoms with van der Waals surface area (Å²) in [5.41, 5.74) is -3.39. The van der Waals surface area contributed by atoms with Gasteiger partial charge in [0.25, 0.3) is 0 Å². The molecule has 0 spiro atoms. The number of alkyl halides is 6. The van der Waals surface area contributed by atoms with Gasteiger partial charge in [0.05, 0.1) is 11.1 Å². The van der Waals surface area contributed by atoms with Gasteiger partial charge in [0.1, 0.15) is 0 Å². The Hall–Kier alpha value is 0.449. The van der Waals surface area contributed by atoms with Gasteiger partial charge in [-0.15, -0.1) is 0 Å². The van der Waals surface area contributed by atoms with Crippen LogP contribution >= 0.6 is 0 Å². The molecule has 1 rings (SSSR count). The third kappa shape index (κ3) is 5.75. The number of hydrogen-bond donors (Lipinski definition) is 0. The molecule has 1 aromatic rings. The Morgan fingerprint density at radius 1 is 0.765 bits per heavy atom. The molecule has 0 nitrogen and oxygen atoms in total. The van der Waals surface area contributed by atoms with Crippen LogP contribution in [0.1, 0.15) is 11.1 Å². The van der Waals surface area contributed by atoms with E-state index in [0.29, 0.717) is 12.1 Å². The molecule has 0 saturated carbocycles. The van der Waals surface area contributed by atoms with E-state index in [4.69, 9.17) is 7.85 Å². The summed E-state index contributed by atoms with van der Waals surface area (Å²) in [4.78, 5) is 0. The topological polar surface area (TPSA) is 0 Å². The Morgan fingerprint density at radius 3 is 1.29 bits per heavy atom. The SMILES string of the molecule is [B-]c1cc(C(F)(F)F)cc(C(F)(F)F)c1.[Na+].[V]. The van der Waals surface area contributed by atoms with Crippen molar-refractivity contribution in [3.63, 3.8) is 0 Å². The molecule has 0 aliphatic heterocycles. The van der Waals surface area contributed by atoms with Crippen molar-refractivity contribution in [2.24, 2.45) is 0 Å². The van der Waals surface area contributed by atoms with Gasteiger partial charge >= 0.3 is 41.9 Å². The molecule has 86 valence electrons. The predicted octanol–water partition coefficient (Wildman–Crippen LogP) is -0.480. The zero-order valence-electron chi connectivity index (χ0n) is 8.52. The summed E-state index contributed by atoms with van der Waals surface area (Å²) < 4.78 is 72.7. The monoisotopic (exact) mass is 298 g/mol. The van der Waals surface area contributed by atoms with Gasteiger partial charge in [-0.1, -0.05) is 12.1 Å². The summed E-state index contributed by atoms with van der Waals surface area (Å²) in [6.45, 7) is 0. The van der Waals surface area contributed by atoms with E-state index in [1.807, 2.05) is 0 Å². The molecule has 9 heteroatoms. The molecule has 0 fully saturated rings. The number of hydrogen-bond acceptors (Lipinski definition) is 0. The fraction of sp³-hybridized carbons (Fsp3) is 0.250. The standard InChI is InChI=1S/C8H3BF6.Na.V/c9-6-2-4(7(10,11)12)1-5(3-6)8(13,14)15;;/h1-3H;;/q-1;+1;. The maximum Gasteiger partial charge on any atom is 1.00 e. The number of halogens is 6. The molecular formula is C8H3BF6NaV. The summed E-state index contributed by atoms with van der Waals surface area (Å²) in [6, 6.07) is 0.931. The average molecular weight is 298 g/mol. The Labute approximate surface area is 129 Å². The first kappa shape index (κ1) is 19.8. The molecule has 0 amide bonds.